The van der Waals surface area contributed by atoms with Crippen molar-refractivity contribution in [3.05, 3.63) is 38.9 Å². The van der Waals surface area contributed by atoms with Crippen molar-refractivity contribution in [1.29, 1.82) is 0 Å². The third kappa shape index (κ3) is 4.24. The van der Waals surface area contributed by atoms with Crippen molar-refractivity contribution >= 4 is 35.2 Å². The van der Waals surface area contributed by atoms with E-state index in [1.54, 1.807) is 20.8 Å². The van der Waals surface area contributed by atoms with Crippen LogP contribution in [-0.2, 0) is 4.79 Å². The summed E-state index contributed by atoms with van der Waals surface area (Å²) >= 11 is 6.04. The summed E-state index contributed by atoms with van der Waals surface area (Å²) in [5.74, 6) is -1.63. The molecule has 9 nitrogen and oxygen atoms in total. The van der Waals surface area contributed by atoms with E-state index in [2.05, 4.69) is 0 Å². The number of hydrogen-bond acceptors (Lipinski definition) is 5. The number of benzene rings is 1. The number of carbonyl (C=O) groups excluding carboxylic acids is 2. The minimum atomic E-state index is -1.31. The lowest BCUT2D eigenvalue weighted by molar-refractivity contribution is -0.385. The number of carboxylic acid groups (broad SMARTS) is 1. The van der Waals surface area contributed by atoms with E-state index >= 15 is 0 Å². The second-order valence-corrected chi connectivity index (χ2v) is 8.04. The van der Waals surface area contributed by atoms with E-state index in [1.807, 2.05) is 0 Å². The monoisotopic (exact) mass is 411 g/mol. The number of carbonyl (C=O) groups is 3. The molecule has 2 rings (SSSR count). The van der Waals surface area contributed by atoms with Gasteiger partial charge in [0.15, 0.2) is 0 Å². The highest BCUT2D eigenvalue weighted by molar-refractivity contribution is 6.35. The summed E-state index contributed by atoms with van der Waals surface area (Å²) in [6, 6.07) is 2.21. The van der Waals surface area contributed by atoms with E-state index in [-0.39, 0.29) is 10.6 Å². The Labute approximate surface area is 167 Å². The van der Waals surface area contributed by atoms with Crippen molar-refractivity contribution in [2.75, 3.05) is 0 Å². The Morgan fingerprint density at radius 3 is 2.29 bits per heavy atom. The number of amides is 3. The molecule has 10 heteroatoms. The van der Waals surface area contributed by atoms with Gasteiger partial charge in [-0.3, -0.25) is 29.5 Å². The zero-order valence-electron chi connectivity index (χ0n) is 16.0. The molecule has 1 N–H and O–H groups in total. The molecular weight excluding hydrogens is 390 g/mol. The number of rotatable bonds is 5. The number of halogens is 1. The molecule has 1 fully saturated rings. The topological polar surface area (TPSA) is 121 Å². The molecule has 1 aliphatic carbocycles. The fraction of sp³-hybridized carbons (Fsp3) is 0.500. The van der Waals surface area contributed by atoms with E-state index in [0.29, 0.717) is 12.8 Å². The first-order valence-corrected chi connectivity index (χ1v) is 9.08. The van der Waals surface area contributed by atoms with Gasteiger partial charge in [0.1, 0.15) is 11.6 Å². The molecule has 0 aliphatic heterocycles. The second kappa shape index (κ2) is 7.75. The zero-order chi connectivity index (χ0) is 21.4. The molecule has 1 aromatic rings. The molecule has 152 valence electrons. The minimum Gasteiger partial charge on any atom is -0.465 e. The number of nitro groups is 1. The lowest BCUT2D eigenvalue weighted by Gasteiger charge is -2.38. The maximum absolute atomic E-state index is 13.1. The van der Waals surface area contributed by atoms with E-state index in [4.69, 9.17) is 11.6 Å². The summed E-state index contributed by atoms with van der Waals surface area (Å²) in [7, 11) is 0. The van der Waals surface area contributed by atoms with Crippen molar-refractivity contribution in [3.8, 4) is 0 Å². The number of imide groups is 1. The Balaban J connectivity index is 2.47. The molecule has 0 spiro atoms. The largest absolute Gasteiger partial charge is 0.465 e. The van der Waals surface area contributed by atoms with Crippen LogP contribution >= 0.6 is 11.6 Å². The van der Waals surface area contributed by atoms with Gasteiger partial charge < -0.3 is 5.11 Å². The minimum absolute atomic E-state index is 0.142. The Morgan fingerprint density at radius 1 is 1.29 bits per heavy atom. The molecular formula is C18H22ClN3O6. The van der Waals surface area contributed by atoms with Gasteiger partial charge in [-0.05, 0) is 46.6 Å². The Hall–Kier alpha value is -2.68. The van der Waals surface area contributed by atoms with Gasteiger partial charge in [0.2, 0.25) is 0 Å². The molecule has 0 bridgehead atoms. The average Bonchev–Trinajstić information content (AvgIpc) is 3.37. The lowest BCUT2D eigenvalue weighted by atomic mass is 10.0. The molecule has 28 heavy (non-hydrogen) atoms. The van der Waals surface area contributed by atoms with Crippen molar-refractivity contribution in [2.45, 2.75) is 58.2 Å². The quantitative estimate of drug-likeness (QED) is 0.584. The molecule has 0 heterocycles. The van der Waals surface area contributed by atoms with Crippen LogP contribution < -0.4 is 0 Å². The van der Waals surface area contributed by atoms with Gasteiger partial charge in [-0.25, -0.2) is 4.79 Å². The van der Waals surface area contributed by atoms with Crippen LogP contribution in [0.2, 0.25) is 5.02 Å². The summed E-state index contributed by atoms with van der Waals surface area (Å²) in [5, 5.41) is 20.7. The second-order valence-electron chi connectivity index (χ2n) is 7.64. The first-order valence-electron chi connectivity index (χ1n) is 8.70. The van der Waals surface area contributed by atoms with Crippen LogP contribution in [0.3, 0.4) is 0 Å². The Bertz CT molecular complexity index is 831. The highest BCUT2D eigenvalue weighted by Gasteiger charge is 2.45. The molecule has 3 amide bonds. The standard InChI is InChI=1S/C18H22ClN3O6/c1-10(21(17(25)26)18(2,3)4)15(23)20(11-8-9-11)16(24)14-12(19)6-5-7-13(14)22(27)28/h5-7,10-11H,8-9H2,1-4H3,(H,25,26). The van der Waals surface area contributed by atoms with Gasteiger partial charge in [-0.2, -0.15) is 0 Å². The Morgan fingerprint density at radius 2 is 1.86 bits per heavy atom. The lowest BCUT2D eigenvalue weighted by Crippen LogP contribution is -2.57. The van der Waals surface area contributed by atoms with Gasteiger partial charge in [0.25, 0.3) is 17.5 Å². The summed E-state index contributed by atoms with van der Waals surface area (Å²) in [6.07, 6.45) is -0.212. The third-order valence-corrected chi connectivity index (χ3v) is 4.76. The smallest absolute Gasteiger partial charge is 0.408 e. The van der Waals surface area contributed by atoms with E-state index in [0.717, 1.165) is 15.9 Å². The molecule has 1 atom stereocenters. The SMILES string of the molecule is CC(C(=O)N(C(=O)c1c(Cl)cccc1[N+](=O)[O-])C1CC1)N(C(=O)O)C(C)(C)C. The van der Waals surface area contributed by atoms with Crippen LogP contribution in [-0.4, -0.2) is 55.4 Å². The van der Waals surface area contributed by atoms with Crippen molar-refractivity contribution in [3.63, 3.8) is 0 Å². The zero-order valence-corrected chi connectivity index (χ0v) is 16.8. The predicted octanol–water partition coefficient (Wildman–Crippen LogP) is 3.55. The summed E-state index contributed by atoms with van der Waals surface area (Å²) in [4.78, 5) is 50.4. The van der Waals surface area contributed by atoms with Gasteiger partial charge in [0.05, 0.1) is 9.95 Å². The first-order chi connectivity index (χ1) is 12.9. The Kier molecular flexibility index (Phi) is 5.98. The average molecular weight is 412 g/mol. The maximum atomic E-state index is 13.1. The van der Waals surface area contributed by atoms with Gasteiger partial charge in [0, 0.05) is 17.6 Å². The van der Waals surface area contributed by atoms with Crippen LogP contribution in [0.4, 0.5) is 10.5 Å². The van der Waals surface area contributed by atoms with Gasteiger partial charge in [-0.1, -0.05) is 17.7 Å². The maximum Gasteiger partial charge on any atom is 0.408 e. The molecule has 1 aliphatic rings. The number of nitrogens with zero attached hydrogens (tertiary/aromatic N) is 3. The first kappa shape index (κ1) is 21.6. The fourth-order valence-electron chi connectivity index (χ4n) is 3.12. The summed E-state index contributed by atoms with van der Waals surface area (Å²) < 4.78 is 0. The number of nitro benzene ring substituents is 1. The van der Waals surface area contributed by atoms with Crippen LogP contribution in [0.15, 0.2) is 18.2 Å². The van der Waals surface area contributed by atoms with Crippen molar-refractivity contribution < 1.29 is 24.4 Å². The van der Waals surface area contributed by atoms with Gasteiger partial charge >= 0.3 is 6.09 Å². The normalized spacial score (nSPS) is 14.9. The number of hydrogen-bond donors (Lipinski definition) is 1. The molecule has 0 aromatic heterocycles. The molecule has 1 aromatic carbocycles. The van der Waals surface area contributed by atoms with Crippen LogP contribution in [0.25, 0.3) is 0 Å². The molecule has 1 saturated carbocycles. The molecule has 0 radical (unpaired) electrons. The van der Waals surface area contributed by atoms with Crippen molar-refractivity contribution in [2.24, 2.45) is 0 Å². The van der Waals surface area contributed by atoms with E-state index in [9.17, 15) is 29.6 Å². The molecule has 1 unspecified atom stereocenters. The summed E-state index contributed by atoms with van der Waals surface area (Å²) in [5.41, 5.74) is -1.77. The molecule has 0 saturated heterocycles. The highest BCUT2D eigenvalue weighted by Crippen LogP contribution is 2.34. The van der Waals surface area contributed by atoms with Gasteiger partial charge in [-0.15, -0.1) is 0 Å². The van der Waals surface area contributed by atoms with E-state index in [1.165, 1.54) is 19.1 Å². The van der Waals surface area contributed by atoms with Crippen LogP contribution in [0.5, 0.6) is 0 Å². The van der Waals surface area contributed by atoms with E-state index < -0.39 is 46.1 Å². The van der Waals surface area contributed by atoms with Crippen LogP contribution in [0, 0.1) is 10.1 Å². The van der Waals surface area contributed by atoms with Crippen molar-refractivity contribution in [1.82, 2.24) is 9.80 Å². The highest BCUT2D eigenvalue weighted by atomic mass is 35.5. The van der Waals surface area contributed by atoms with Crippen LogP contribution in [0.1, 0.15) is 50.9 Å². The fourth-order valence-corrected chi connectivity index (χ4v) is 3.37. The third-order valence-electron chi connectivity index (χ3n) is 4.44. The summed E-state index contributed by atoms with van der Waals surface area (Å²) in [6.45, 7) is 6.29. The predicted molar refractivity (Wildman–Crippen MR) is 101 cm³/mol.